The summed E-state index contributed by atoms with van der Waals surface area (Å²) in [5.74, 6) is 2.01. The number of hydrogen-bond acceptors (Lipinski definition) is 4. The number of anilines is 1. The molecule has 0 amide bonds. The van der Waals surface area contributed by atoms with Crippen molar-refractivity contribution in [3.63, 3.8) is 0 Å². The van der Waals surface area contributed by atoms with Crippen LogP contribution >= 0.6 is 0 Å². The molecule has 1 heterocycles. The average Bonchev–Trinajstić information content (AvgIpc) is 2.63. The number of hydrogen-bond donors (Lipinski definition) is 1. The fourth-order valence-corrected chi connectivity index (χ4v) is 1.49. The largest absolute Gasteiger partial charge is 0.494 e. The molecule has 0 aliphatic carbocycles. The lowest BCUT2D eigenvalue weighted by Crippen LogP contribution is -1.94. The smallest absolute Gasteiger partial charge is 0.165 e. The van der Waals surface area contributed by atoms with E-state index in [9.17, 15) is 0 Å². The molecule has 2 aromatic rings. The normalized spacial score (nSPS) is 10.2. The van der Waals surface area contributed by atoms with Gasteiger partial charge in [0.2, 0.25) is 0 Å². The van der Waals surface area contributed by atoms with Crippen molar-refractivity contribution in [3.8, 4) is 17.2 Å². The van der Waals surface area contributed by atoms with Gasteiger partial charge in [-0.25, -0.2) is 0 Å². The number of benzene rings is 1. The molecule has 2 rings (SSSR count). The molecule has 0 aliphatic heterocycles. The summed E-state index contributed by atoms with van der Waals surface area (Å²) < 4.78 is 12.7. The first-order valence-corrected chi connectivity index (χ1v) is 5.37. The summed E-state index contributed by atoms with van der Waals surface area (Å²) in [6, 6.07) is 5.31. The van der Waals surface area contributed by atoms with Crippen molar-refractivity contribution in [2.75, 3.05) is 12.3 Å². The lowest BCUT2D eigenvalue weighted by atomic mass is 10.3. The summed E-state index contributed by atoms with van der Waals surface area (Å²) in [7, 11) is 1.83. The molecule has 1 aromatic carbocycles. The van der Waals surface area contributed by atoms with E-state index in [1.54, 1.807) is 35.3 Å². The van der Waals surface area contributed by atoms with Gasteiger partial charge in [-0.3, -0.25) is 4.68 Å². The second kappa shape index (κ2) is 4.78. The molecule has 0 spiro atoms. The van der Waals surface area contributed by atoms with E-state index < -0.39 is 0 Å². The minimum Gasteiger partial charge on any atom is -0.494 e. The Hall–Kier alpha value is -2.17. The standard InChI is InChI=1S/C12H15N3O2/c1-3-16-10-4-9(13)5-11(6-10)17-12-7-14-15(2)8-12/h4-8H,3,13H2,1-2H3. The lowest BCUT2D eigenvalue weighted by molar-refractivity contribution is 0.338. The van der Waals surface area contributed by atoms with E-state index in [1.807, 2.05) is 14.0 Å². The Labute approximate surface area is 99.8 Å². The molecule has 0 saturated carbocycles. The van der Waals surface area contributed by atoms with Crippen LogP contribution in [0, 0.1) is 0 Å². The summed E-state index contributed by atoms with van der Waals surface area (Å²) in [5, 5.41) is 4.02. The van der Waals surface area contributed by atoms with E-state index in [0.29, 0.717) is 29.5 Å². The number of nitrogen functional groups attached to an aromatic ring is 1. The summed E-state index contributed by atoms with van der Waals surface area (Å²) in [5.41, 5.74) is 6.37. The van der Waals surface area contributed by atoms with Crippen LogP contribution in [0.3, 0.4) is 0 Å². The Morgan fingerprint density at radius 3 is 2.65 bits per heavy atom. The summed E-state index contributed by atoms with van der Waals surface area (Å²) in [6.45, 7) is 2.51. The van der Waals surface area contributed by atoms with Crippen molar-refractivity contribution >= 4 is 5.69 Å². The molecule has 0 saturated heterocycles. The molecule has 0 aliphatic rings. The van der Waals surface area contributed by atoms with Crippen LogP contribution in [-0.2, 0) is 7.05 Å². The average molecular weight is 233 g/mol. The van der Waals surface area contributed by atoms with E-state index in [2.05, 4.69) is 5.10 Å². The number of aryl methyl sites for hydroxylation is 1. The predicted octanol–water partition coefficient (Wildman–Crippen LogP) is 2.19. The first-order chi connectivity index (χ1) is 8.17. The van der Waals surface area contributed by atoms with Crippen LogP contribution in [-0.4, -0.2) is 16.4 Å². The molecular weight excluding hydrogens is 218 g/mol. The first-order valence-electron chi connectivity index (χ1n) is 5.37. The van der Waals surface area contributed by atoms with Crippen molar-refractivity contribution in [2.45, 2.75) is 6.92 Å². The third-order valence-corrected chi connectivity index (χ3v) is 2.13. The van der Waals surface area contributed by atoms with E-state index >= 15 is 0 Å². The summed E-state index contributed by atoms with van der Waals surface area (Å²) in [6.07, 6.45) is 3.42. The number of nitrogens with two attached hydrogens (primary N) is 1. The highest BCUT2D eigenvalue weighted by Crippen LogP contribution is 2.28. The minimum absolute atomic E-state index is 0.593. The molecular formula is C12H15N3O2. The monoisotopic (exact) mass is 233 g/mol. The van der Waals surface area contributed by atoms with Gasteiger partial charge in [0.1, 0.15) is 11.5 Å². The van der Waals surface area contributed by atoms with Crippen LogP contribution in [0.1, 0.15) is 6.92 Å². The van der Waals surface area contributed by atoms with Crippen LogP contribution in [0.4, 0.5) is 5.69 Å². The van der Waals surface area contributed by atoms with E-state index in [4.69, 9.17) is 15.2 Å². The zero-order chi connectivity index (χ0) is 12.3. The molecule has 0 bridgehead atoms. The topological polar surface area (TPSA) is 62.3 Å². The lowest BCUT2D eigenvalue weighted by Gasteiger charge is -2.08. The van der Waals surface area contributed by atoms with Gasteiger partial charge in [0.15, 0.2) is 5.75 Å². The fourth-order valence-electron chi connectivity index (χ4n) is 1.49. The van der Waals surface area contributed by atoms with Crippen molar-refractivity contribution in [3.05, 3.63) is 30.6 Å². The second-order valence-corrected chi connectivity index (χ2v) is 3.62. The van der Waals surface area contributed by atoms with E-state index in [0.717, 1.165) is 0 Å². The van der Waals surface area contributed by atoms with Crippen LogP contribution < -0.4 is 15.2 Å². The number of aromatic nitrogens is 2. The molecule has 1 aromatic heterocycles. The zero-order valence-corrected chi connectivity index (χ0v) is 9.88. The van der Waals surface area contributed by atoms with Gasteiger partial charge in [-0.05, 0) is 6.92 Å². The van der Waals surface area contributed by atoms with Gasteiger partial charge in [-0.2, -0.15) is 5.10 Å². The van der Waals surface area contributed by atoms with Gasteiger partial charge < -0.3 is 15.2 Å². The molecule has 5 nitrogen and oxygen atoms in total. The molecule has 2 N–H and O–H groups in total. The third-order valence-electron chi connectivity index (χ3n) is 2.13. The van der Waals surface area contributed by atoms with Gasteiger partial charge in [0.05, 0.1) is 19.0 Å². The highest BCUT2D eigenvalue weighted by molar-refractivity contribution is 5.51. The third kappa shape index (κ3) is 2.90. The Balaban J connectivity index is 2.20. The molecule has 0 radical (unpaired) electrons. The highest BCUT2D eigenvalue weighted by atomic mass is 16.5. The Kier molecular flexibility index (Phi) is 3.18. The summed E-state index contributed by atoms with van der Waals surface area (Å²) in [4.78, 5) is 0. The van der Waals surface area contributed by atoms with Crippen molar-refractivity contribution < 1.29 is 9.47 Å². The van der Waals surface area contributed by atoms with Crippen LogP contribution in [0.15, 0.2) is 30.6 Å². The zero-order valence-electron chi connectivity index (χ0n) is 9.88. The Morgan fingerprint density at radius 1 is 1.24 bits per heavy atom. The Morgan fingerprint density at radius 2 is 2.00 bits per heavy atom. The van der Waals surface area contributed by atoms with Gasteiger partial charge in [-0.1, -0.05) is 0 Å². The van der Waals surface area contributed by atoms with Crippen LogP contribution in [0.2, 0.25) is 0 Å². The molecule has 17 heavy (non-hydrogen) atoms. The fraction of sp³-hybridized carbons (Fsp3) is 0.250. The molecule has 90 valence electrons. The second-order valence-electron chi connectivity index (χ2n) is 3.62. The molecule has 5 heteroatoms. The van der Waals surface area contributed by atoms with Crippen LogP contribution in [0.25, 0.3) is 0 Å². The quantitative estimate of drug-likeness (QED) is 0.822. The Bertz CT molecular complexity index is 508. The van der Waals surface area contributed by atoms with Crippen molar-refractivity contribution in [1.29, 1.82) is 0 Å². The molecule has 0 unspecified atom stereocenters. The number of rotatable bonds is 4. The van der Waals surface area contributed by atoms with Gasteiger partial charge in [-0.15, -0.1) is 0 Å². The van der Waals surface area contributed by atoms with Crippen molar-refractivity contribution in [1.82, 2.24) is 9.78 Å². The van der Waals surface area contributed by atoms with Gasteiger partial charge >= 0.3 is 0 Å². The maximum Gasteiger partial charge on any atom is 0.165 e. The summed E-state index contributed by atoms with van der Waals surface area (Å²) >= 11 is 0. The van der Waals surface area contributed by atoms with Gasteiger partial charge in [0, 0.05) is 30.9 Å². The minimum atomic E-state index is 0.593. The maximum atomic E-state index is 5.77. The number of ether oxygens (including phenoxy) is 2. The highest BCUT2D eigenvalue weighted by Gasteiger charge is 2.03. The molecule has 0 fully saturated rings. The molecule has 0 atom stereocenters. The van der Waals surface area contributed by atoms with E-state index in [-0.39, 0.29) is 0 Å². The van der Waals surface area contributed by atoms with Gasteiger partial charge in [0.25, 0.3) is 0 Å². The van der Waals surface area contributed by atoms with E-state index in [1.165, 1.54) is 0 Å². The SMILES string of the molecule is CCOc1cc(N)cc(Oc2cnn(C)c2)c1. The first kappa shape index (κ1) is 11.3. The van der Waals surface area contributed by atoms with Crippen LogP contribution in [0.5, 0.6) is 17.2 Å². The maximum absolute atomic E-state index is 5.77. The van der Waals surface area contributed by atoms with Crippen molar-refractivity contribution in [2.24, 2.45) is 7.05 Å². The number of nitrogens with zero attached hydrogens (tertiary/aromatic N) is 2. The predicted molar refractivity (Wildman–Crippen MR) is 65.3 cm³/mol.